The monoisotopic (exact) mass is 230 g/mol. The van der Waals surface area contributed by atoms with E-state index in [0.717, 1.165) is 5.56 Å². The molecule has 0 fully saturated rings. The van der Waals surface area contributed by atoms with Gasteiger partial charge in [-0.25, -0.2) is 4.39 Å². The highest BCUT2D eigenvalue weighted by Crippen LogP contribution is 2.23. The van der Waals surface area contributed by atoms with Gasteiger partial charge in [-0.15, -0.1) is 0 Å². The molecule has 1 heteroatoms. The molecule has 0 amide bonds. The Morgan fingerprint density at radius 3 is 2.00 bits per heavy atom. The average molecular weight is 230 g/mol. The fraction of sp³-hybridized carbons (Fsp3) is 0.250. The summed E-state index contributed by atoms with van der Waals surface area (Å²) in [6, 6.07) is 16.9. The maximum Gasteiger partial charge on any atom is 0.123 e. The van der Waals surface area contributed by atoms with Crippen molar-refractivity contribution in [3.63, 3.8) is 0 Å². The molecule has 0 aliphatic heterocycles. The molecule has 0 spiro atoms. The Bertz CT molecular complexity index is 434. The minimum atomic E-state index is -0.171. The standard InChI is InChI=1S/C14H13F.C2H6/c1-11(12-6-3-2-4-7-12)13-8-5-9-14(15)10-13;1-2/h2-11H,1H3;1-2H3. The Hall–Kier alpha value is -1.63. The fourth-order valence-electron chi connectivity index (χ4n) is 1.71. The lowest BCUT2D eigenvalue weighted by Crippen LogP contribution is -1.95. The van der Waals surface area contributed by atoms with Crippen LogP contribution in [0.3, 0.4) is 0 Å². The van der Waals surface area contributed by atoms with Crippen LogP contribution in [0.25, 0.3) is 0 Å². The first kappa shape index (κ1) is 13.4. The quantitative estimate of drug-likeness (QED) is 0.680. The second kappa shape index (κ2) is 6.85. The smallest absolute Gasteiger partial charge is 0.123 e. The van der Waals surface area contributed by atoms with Gasteiger partial charge in [0.1, 0.15) is 5.82 Å². The van der Waals surface area contributed by atoms with Crippen LogP contribution in [0.4, 0.5) is 4.39 Å². The van der Waals surface area contributed by atoms with Crippen molar-refractivity contribution in [1.29, 1.82) is 0 Å². The van der Waals surface area contributed by atoms with E-state index in [1.54, 1.807) is 12.1 Å². The van der Waals surface area contributed by atoms with Gasteiger partial charge in [0.25, 0.3) is 0 Å². The van der Waals surface area contributed by atoms with E-state index in [2.05, 4.69) is 19.1 Å². The molecule has 2 aromatic carbocycles. The molecule has 0 aromatic heterocycles. The van der Waals surface area contributed by atoms with E-state index in [0.29, 0.717) is 0 Å². The molecule has 0 heterocycles. The van der Waals surface area contributed by atoms with Crippen LogP contribution in [-0.4, -0.2) is 0 Å². The van der Waals surface area contributed by atoms with E-state index in [1.165, 1.54) is 11.6 Å². The molecule has 0 bridgehead atoms. The van der Waals surface area contributed by atoms with Crippen molar-refractivity contribution in [2.24, 2.45) is 0 Å². The molecule has 90 valence electrons. The predicted molar refractivity (Wildman–Crippen MR) is 71.7 cm³/mol. The third kappa shape index (κ3) is 3.70. The molecule has 17 heavy (non-hydrogen) atoms. The molecular weight excluding hydrogens is 211 g/mol. The van der Waals surface area contributed by atoms with Gasteiger partial charge >= 0.3 is 0 Å². The van der Waals surface area contributed by atoms with Crippen LogP contribution in [0.2, 0.25) is 0 Å². The van der Waals surface area contributed by atoms with Crippen LogP contribution in [0, 0.1) is 5.82 Å². The Labute approximate surface area is 103 Å². The summed E-state index contributed by atoms with van der Waals surface area (Å²) in [5.41, 5.74) is 2.23. The molecule has 0 radical (unpaired) electrons. The molecule has 0 nitrogen and oxygen atoms in total. The van der Waals surface area contributed by atoms with E-state index < -0.39 is 0 Å². The van der Waals surface area contributed by atoms with E-state index in [9.17, 15) is 4.39 Å². The molecule has 0 N–H and O–H groups in total. The van der Waals surface area contributed by atoms with Gasteiger partial charge in [0, 0.05) is 5.92 Å². The van der Waals surface area contributed by atoms with Gasteiger partial charge in [-0.2, -0.15) is 0 Å². The van der Waals surface area contributed by atoms with Gasteiger partial charge in [0.05, 0.1) is 0 Å². The zero-order valence-corrected chi connectivity index (χ0v) is 10.7. The SMILES string of the molecule is CC.CC(c1ccccc1)c1cccc(F)c1. The van der Waals surface area contributed by atoms with Crippen LogP contribution in [0.15, 0.2) is 54.6 Å². The van der Waals surface area contributed by atoms with Crippen molar-refractivity contribution in [3.8, 4) is 0 Å². The summed E-state index contributed by atoms with van der Waals surface area (Å²) >= 11 is 0. The fourth-order valence-corrected chi connectivity index (χ4v) is 1.71. The second-order valence-corrected chi connectivity index (χ2v) is 3.69. The van der Waals surface area contributed by atoms with Crippen molar-refractivity contribution >= 4 is 0 Å². The average Bonchev–Trinajstić information content (AvgIpc) is 2.41. The minimum absolute atomic E-state index is 0.171. The summed E-state index contributed by atoms with van der Waals surface area (Å²) in [5.74, 6) is 0.0668. The first-order valence-corrected chi connectivity index (χ1v) is 6.08. The van der Waals surface area contributed by atoms with Crippen molar-refractivity contribution in [3.05, 3.63) is 71.5 Å². The number of hydrogen-bond acceptors (Lipinski definition) is 0. The molecule has 1 atom stereocenters. The summed E-state index contributed by atoms with van der Waals surface area (Å²) in [4.78, 5) is 0. The normalized spacial score (nSPS) is 11.3. The van der Waals surface area contributed by atoms with Gasteiger partial charge < -0.3 is 0 Å². The van der Waals surface area contributed by atoms with Crippen LogP contribution in [0.1, 0.15) is 37.8 Å². The third-order valence-corrected chi connectivity index (χ3v) is 2.65. The van der Waals surface area contributed by atoms with Gasteiger partial charge in [0.15, 0.2) is 0 Å². The Balaban J connectivity index is 0.000000686. The predicted octanol–water partition coefficient (Wildman–Crippen LogP) is 5.00. The van der Waals surface area contributed by atoms with Gasteiger partial charge in [-0.1, -0.05) is 63.2 Å². The lowest BCUT2D eigenvalue weighted by molar-refractivity contribution is 0.624. The third-order valence-electron chi connectivity index (χ3n) is 2.65. The summed E-state index contributed by atoms with van der Waals surface area (Å²) in [5, 5.41) is 0. The maximum atomic E-state index is 13.0. The lowest BCUT2D eigenvalue weighted by Gasteiger charge is -2.11. The number of rotatable bonds is 2. The number of hydrogen-bond donors (Lipinski definition) is 0. The number of benzene rings is 2. The van der Waals surface area contributed by atoms with Crippen LogP contribution >= 0.6 is 0 Å². The summed E-state index contributed by atoms with van der Waals surface area (Å²) < 4.78 is 13.0. The van der Waals surface area contributed by atoms with Crippen LogP contribution < -0.4 is 0 Å². The first-order valence-electron chi connectivity index (χ1n) is 6.08. The molecule has 2 aromatic rings. The lowest BCUT2D eigenvalue weighted by atomic mass is 9.93. The van der Waals surface area contributed by atoms with Crippen LogP contribution in [-0.2, 0) is 0 Å². The highest BCUT2D eigenvalue weighted by Gasteiger charge is 2.07. The molecule has 0 aliphatic rings. The molecule has 0 aliphatic carbocycles. The zero-order chi connectivity index (χ0) is 12.7. The number of halogens is 1. The minimum Gasteiger partial charge on any atom is -0.207 e. The van der Waals surface area contributed by atoms with Crippen molar-refractivity contribution < 1.29 is 4.39 Å². The molecule has 2 rings (SSSR count). The van der Waals surface area contributed by atoms with E-state index in [1.807, 2.05) is 38.1 Å². The topological polar surface area (TPSA) is 0 Å². The summed E-state index contributed by atoms with van der Waals surface area (Å²) in [6.45, 7) is 6.09. The van der Waals surface area contributed by atoms with E-state index >= 15 is 0 Å². The molecule has 0 saturated carbocycles. The van der Waals surface area contributed by atoms with Gasteiger partial charge in [-0.05, 0) is 23.3 Å². The highest BCUT2D eigenvalue weighted by molar-refractivity contribution is 5.31. The summed E-state index contributed by atoms with van der Waals surface area (Å²) in [7, 11) is 0. The van der Waals surface area contributed by atoms with Crippen molar-refractivity contribution in [2.75, 3.05) is 0 Å². The Kier molecular flexibility index (Phi) is 5.41. The summed E-state index contributed by atoms with van der Waals surface area (Å²) in [6.07, 6.45) is 0. The molecule has 0 saturated heterocycles. The van der Waals surface area contributed by atoms with Gasteiger partial charge in [-0.3, -0.25) is 0 Å². The molecule has 1 unspecified atom stereocenters. The zero-order valence-electron chi connectivity index (χ0n) is 10.7. The van der Waals surface area contributed by atoms with Crippen molar-refractivity contribution in [2.45, 2.75) is 26.7 Å². The molecular formula is C16H19F. The van der Waals surface area contributed by atoms with Crippen LogP contribution in [0.5, 0.6) is 0 Å². The Morgan fingerprint density at radius 2 is 1.41 bits per heavy atom. The van der Waals surface area contributed by atoms with Gasteiger partial charge in [0.2, 0.25) is 0 Å². The van der Waals surface area contributed by atoms with Crippen molar-refractivity contribution in [1.82, 2.24) is 0 Å². The van der Waals surface area contributed by atoms with E-state index in [-0.39, 0.29) is 11.7 Å². The second-order valence-electron chi connectivity index (χ2n) is 3.69. The highest BCUT2D eigenvalue weighted by atomic mass is 19.1. The first-order chi connectivity index (χ1) is 8.27. The largest absolute Gasteiger partial charge is 0.207 e. The maximum absolute atomic E-state index is 13.0. The Morgan fingerprint density at radius 1 is 0.824 bits per heavy atom. The van der Waals surface area contributed by atoms with E-state index in [4.69, 9.17) is 0 Å².